The van der Waals surface area contributed by atoms with Crippen LogP contribution in [0.25, 0.3) is 0 Å². The Morgan fingerprint density at radius 1 is 0.341 bits per heavy atom. The number of rotatable bonds is 34. The third kappa shape index (κ3) is 18.8. The molecule has 0 fully saturated rings. The maximum atomic E-state index is 13.2. The minimum atomic E-state index is -0.923. The average Bonchev–Trinajstić information content (AvgIpc) is 2.25. The van der Waals surface area contributed by atoms with Crippen molar-refractivity contribution in [2.45, 2.75) is 51.4 Å². The maximum absolute atomic E-state index is 13.2. The van der Waals surface area contributed by atoms with Crippen molar-refractivity contribution in [1.82, 2.24) is 55.8 Å². The van der Waals surface area contributed by atoms with E-state index in [1.807, 2.05) is 4.90 Å². The number of ketones is 3. The van der Waals surface area contributed by atoms with Gasteiger partial charge in [-0.1, -0.05) is 0 Å². The van der Waals surface area contributed by atoms with Gasteiger partial charge in [0.2, 0.25) is 11.8 Å². The van der Waals surface area contributed by atoms with Crippen molar-refractivity contribution in [3.05, 3.63) is 131 Å². The standard InChI is InChI=1S/C58H71N11O19/c1-66-29-16-34(49(79)56(66)86)41(71)8-5-27-69(28-6-9-42(72)35-17-30-67(2)57(87)50(35)80)32-26-65-54(84)38-13-12-37(47(77)48(38)78)53(83)63-21-15-44(74)61-25-24-60-43(73)14-20-62-52(82)36-11-10-33(45(75)46(36)76)40(70)7-4-19-59-22-23-64-55(85)39-18-31-68(3)58(88)51(39)81/h10-13,16-18,29-31,59,75-81H,4-9,14-15,19-28,32H2,1-3H3,(H,60,73)(H,61,74)(H,62,82)(H,63,83)(H,64,85)(H,65,84). The molecule has 5 aromatic rings. The molecule has 0 saturated heterocycles. The number of nitrogens with one attached hydrogen (secondary N) is 7. The fourth-order valence-electron chi connectivity index (χ4n) is 8.71. The molecular weight excluding hydrogens is 1150 g/mol. The molecule has 0 saturated carbocycles. The summed E-state index contributed by atoms with van der Waals surface area (Å²) in [6.45, 7) is 0.865. The Labute approximate surface area is 501 Å². The molecule has 14 N–H and O–H groups in total. The van der Waals surface area contributed by atoms with Gasteiger partial charge in [-0.05, 0) is 81.4 Å². The van der Waals surface area contributed by atoms with Gasteiger partial charge in [0.05, 0.1) is 38.9 Å². The Bertz CT molecular complexity index is 3550. The van der Waals surface area contributed by atoms with E-state index in [9.17, 15) is 93.3 Å². The van der Waals surface area contributed by atoms with Gasteiger partial charge < -0.3 is 91.6 Å². The highest BCUT2D eigenvalue weighted by molar-refractivity contribution is 6.05. The van der Waals surface area contributed by atoms with Crippen molar-refractivity contribution in [3.8, 4) is 40.2 Å². The number of nitrogens with zero attached hydrogens (tertiary/aromatic N) is 4. The lowest BCUT2D eigenvalue weighted by Gasteiger charge is -2.22. The molecule has 0 atom stereocenters. The number of benzene rings is 2. The summed E-state index contributed by atoms with van der Waals surface area (Å²) in [5.41, 5.74) is -4.04. The Morgan fingerprint density at radius 3 is 1.07 bits per heavy atom. The number of hydrogen-bond donors (Lipinski definition) is 14. The van der Waals surface area contributed by atoms with E-state index in [-0.39, 0.29) is 132 Å². The quantitative estimate of drug-likeness (QED) is 0.0137. The zero-order valence-electron chi connectivity index (χ0n) is 48.5. The number of amides is 6. The van der Waals surface area contributed by atoms with Crippen LogP contribution in [0.2, 0.25) is 0 Å². The average molecular weight is 1230 g/mol. The number of Topliss-reactive ketones (excluding diaryl/α,β-unsaturated/α-hetero) is 3. The van der Waals surface area contributed by atoms with Gasteiger partial charge in [-0.2, -0.15) is 0 Å². The predicted octanol–water partition coefficient (Wildman–Crippen LogP) is -0.765. The minimum absolute atomic E-state index is 0.0239. The van der Waals surface area contributed by atoms with Crippen LogP contribution in [0.5, 0.6) is 40.2 Å². The van der Waals surface area contributed by atoms with Crippen molar-refractivity contribution in [3.63, 3.8) is 0 Å². The highest BCUT2D eigenvalue weighted by Crippen LogP contribution is 2.34. The molecule has 0 spiro atoms. The van der Waals surface area contributed by atoms with Crippen LogP contribution in [-0.2, 0) is 30.7 Å². The van der Waals surface area contributed by atoms with E-state index < -0.39 is 121 Å². The molecule has 2 aromatic carbocycles. The Balaban J connectivity index is 0.970. The second-order valence-electron chi connectivity index (χ2n) is 20.1. The van der Waals surface area contributed by atoms with Crippen molar-refractivity contribution in [2.75, 3.05) is 72.0 Å². The van der Waals surface area contributed by atoms with Gasteiger partial charge in [0.1, 0.15) is 0 Å². The molecule has 0 aliphatic carbocycles. The first-order valence-electron chi connectivity index (χ1n) is 27.8. The lowest BCUT2D eigenvalue weighted by molar-refractivity contribution is -0.122. The normalized spacial score (nSPS) is 11.0. The molecule has 472 valence electrons. The van der Waals surface area contributed by atoms with Crippen LogP contribution in [0.15, 0.2) is 75.4 Å². The molecule has 0 bridgehead atoms. The van der Waals surface area contributed by atoms with Gasteiger partial charge >= 0.3 is 0 Å². The van der Waals surface area contributed by atoms with Crippen molar-refractivity contribution in [2.24, 2.45) is 21.1 Å². The van der Waals surface area contributed by atoms with E-state index >= 15 is 0 Å². The number of aromatic hydroxyl groups is 7. The third-order valence-corrected chi connectivity index (χ3v) is 13.8. The van der Waals surface area contributed by atoms with E-state index in [0.717, 1.165) is 31.9 Å². The molecule has 0 aliphatic rings. The number of carbonyl (C=O) groups excluding carboxylic acids is 9. The lowest BCUT2D eigenvalue weighted by atomic mass is 10.0. The molecule has 5 rings (SSSR count). The Morgan fingerprint density at radius 2 is 0.648 bits per heavy atom. The van der Waals surface area contributed by atoms with Gasteiger partial charge in [0, 0.05) is 124 Å². The summed E-state index contributed by atoms with van der Waals surface area (Å²) in [6.07, 6.45) is 4.15. The van der Waals surface area contributed by atoms with E-state index in [4.69, 9.17) is 0 Å². The van der Waals surface area contributed by atoms with Crippen molar-refractivity contribution >= 4 is 52.8 Å². The number of hydrogen-bond acceptors (Lipinski definition) is 21. The van der Waals surface area contributed by atoms with E-state index in [0.29, 0.717) is 19.5 Å². The van der Waals surface area contributed by atoms with Gasteiger partial charge in [-0.3, -0.25) is 57.5 Å². The zero-order chi connectivity index (χ0) is 64.8. The minimum Gasteiger partial charge on any atom is -0.504 e. The molecule has 0 radical (unpaired) electrons. The summed E-state index contributed by atoms with van der Waals surface area (Å²) in [5.74, 6) is -11.3. The van der Waals surface area contributed by atoms with Crippen LogP contribution in [0.1, 0.15) is 124 Å². The Hall–Kier alpha value is -10.4. The predicted molar refractivity (Wildman–Crippen MR) is 314 cm³/mol. The highest BCUT2D eigenvalue weighted by atomic mass is 16.3. The molecule has 0 aliphatic heterocycles. The maximum Gasteiger partial charge on any atom is 0.293 e. The zero-order valence-corrected chi connectivity index (χ0v) is 48.5. The summed E-state index contributed by atoms with van der Waals surface area (Å²) in [7, 11) is 4.26. The van der Waals surface area contributed by atoms with Crippen LogP contribution in [0.3, 0.4) is 0 Å². The largest absolute Gasteiger partial charge is 0.504 e. The van der Waals surface area contributed by atoms with Crippen LogP contribution in [0, 0.1) is 0 Å². The fourth-order valence-corrected chi connectivity index (χ4v) is 8.71. The lowest BCUT2D eigenvalue weighted by Crippen LogP contribution is -2.37. The Kier molecular flexibility index (Phi) is 25.5. The molecule has 6 amide bonds. The van der Waals surface area contributed by atoms with Crippen LogP contribution < -0.4 is 53.9 Å². The van der Waals surface area contributed by atoms with Crippen LogP contribution in [-0.4, -0.2) is 179 Å². The molecule has 3 heterocycles. The summed E-state index contributed by atoms with van der Waals surface area (Å²) in [4.78, 5) is 153. The van der Waals surface area contributed by atoms with Gasteiger partial charge in [-0.25, -0.2) is 0 Å². The molecule has 88 heavy (non-hydrogen) atoms. The van der Waals surface area contributed by atoms with E-state index in [1.165, 1.54) is 64.0 Å². The number of phenolic OH excluding ortho intramolecular Hbond substituents is 4. The van der Waals surface area contributed by atoms with E-state index in [2.05, 4.69) is 37.2 Å². The summed E-state index contributed by atoms with van der Waals surface area (Å²) in [5, 5.41) is 91.0. The van der Waals surface area contributed by atoms with Crippen LogP contribution >= 0.6 is 0 Å². The van der Waals surface area contributed by atoms with Gasteiger partial charge in [-0.15, -0.1) is 0 Å². The smallest absolute Gasteiger partial charge is 0.293 e. The number of aromatic nitrogens is 3. The third-order valence-electron chi connectivity index (χ3n) is 13.8. The topological polar surface area (TPSA) is 449 Å². The van der Waals surface area contributed by atoms with Crippen LogP contribution in [0.4, 0.5) is 0 Å². The first-order valence-corrected chi connectivity index (χ1v) is 27.8. The first kappa shape index (κ1) is 68.4. The summed E-state index contributed by atoms with van der Waals surface area (Å²) >= 11 is 0. The SMILES string of the molecule is Cn1ccc(C(=O)CCCN(CCCC(=O)c2ccn(C)c(=O)c2O)CCNC(=O)c2ccc(C(=O)NCCC(=O)NCCNC(=O)CCNC(=O)c3ccc(C(=O)CCCNCCNC(=O)c4ccn(C)c(=O)c4O)c(O)c3O)c(O)c2O)c(O)c1=O. The summed E-state index contributed by atoms with van der Waals surface area (Å²) in [6, 6.07) is 8.46. The number of aryl methyl sites for hydroxylation is 3. The van der Waals surface area contributed by atoms with Gasteiger partial charge in [0.15, 0.2) is 57.6 Å². The second kappa shape index (κ2) is 32.8. The molecular formula is C58H71N11O19. The highest BCUT2D eigenvalue weighted by Gasteiger charge is 2.24. The molecule has 30 heteroatoms. The fraction of sp³-hybridized carbons (Fsp3) is 0.379. The molecule has 30 nitrogen and oxygen atoms in total. The number of phenols is 4. The van der Waals surface area contributed by atoms with E-state index in [1.54, 1.807) is 0 Å². The molecule has 3 aromatic heterocycles. The molecule has 0 unspecified atom stereocenters. The number of pyridine rings is 3. The summed E-state index contributed by atoms with van der Waals surface area (Å²) < 4.78 is 3.36. The monoisotopic (exact) mass is 1230 g/mol. The number of carbonyl (C=O) groups is 9. The van der Waals surface area contributed by atoms with Crippen molar-refractivity contribution < 1.29 is 78.9 Å². The first-order chi connectivity index (χ1) is 41.8. The van der Waals surface area contributed by atoms with Gasteiger partial charge in [0.25, 0.3) is 40.3 Å². The second-order valence-corrected chi connectivity index (χ2v) is 20.1. The van der Waals surface area contributed by atoms with Crippen molar-refractivity contribution in [1.29, 1.82) is 0 Å².